The molecule has 0 aliphatic carbocycles. The number of hydrogen-bond acceptors (Lipinski definition) is 3. The normalized spacial score (nSPS) is 11.9. The Balaban J connectivity index is 2.64. The Kier molecular flexibility index (Phi) is 3.34. The summed E-state index contributed by atoms with van der Waals surface area (Å²) in [5, 5.41) is 0. The van der Waals surface area contributed by atoms with Gasteiger partial charge in [-0.3, -0.25) is 4.79 Å². The molecule has 76 valence electrons. The third-order valence-electron chi connectivity index (χ3n) is 1.77. The van der Waals surface area contributed by atoms with Gasteiger partial charge in [0, 0.05) is 0 Å². The standard InChI is InChI=1S/C10H13NO3/c1-7(10(11)12)14-9-5-3-8(13-2)4-6-9/h3-7H,1-2H3,(H2,11,12)/t7-/m0/s1. The van der Waals surface area contributed by atoms with Gasteiger partial charge in [0.25, 0.3) is 5.91 Å². The number of carbonyl (C=O) groups excluding carboxylic acids is 1. The number of rotatable bonds is 4. The number of carbonyl (C=O) groups is 1. The summed E-state index contributed by atoms with van der Waals surface area (Å²) in [6, 6.07) is 6.95. The van der Waals surface area contributed by atoms with E-state index in [4.69, 9.17) is 15.2 Å². The summed E-state index contributed by atoms with van der Waals surface area (Å²) in [7, 11) is 1.59. The van der Waals surface area contributed by atoms with Crippen molar-refractivity contribution in [2.45, 2.75) is 13.0 Å². The quantitative estimate of drug-likeness (QED) is 0.778. The fourth-order valence-corrected chi connectivity index (χ4v) is 0.916. The van der Waals surface area contributed by atoms with Crippen LogP contribution in [0, 0.1) is 0 Å². The van der Waals surface area contributed by atoms with E-state index in [-0.39, 0.29) is 0 Å². The molecule has 0 aliphatic rings. The zero-order valence-corrected chi connectivity index (χ0v) is 8.19. The van der Waals surface area contributed by atoms with Crippen molar-refractivity contribution < 1.29 is 14.3 Å². The van der Waals surface area contributed by atoms with Gasteiger partial charge in [-0.25, -0.2) is 0 Å². The third-order valence-corrected chi connectivity index (χ3v) is 1.77. The van der Waals surface area contributed by atoms with Crippen LogP contribution in [0.4, 0.5) is 0 Å². The van der Waals surface area contributed by atoms with E-state index < -0.39 is 12.0 Å². The van der Waals surface area contributed by atoms with Crippen LogP contribution in [0.5, 0.6) is 11.5 Å². The Morgan fingerprint density at radius 2 is 1.79 bits per heavy atom. The minimum atomic E-state index is -0.622. The predicted molar refractivity (Wildman–Crippen MR) is 52.3 cm³/mol. The summed E-state index contributed by atoms with van der Waals surface area (Å²) in [6.45, 7) is 1.60. The number of nitrogens with two attached hydrogens (primary N) is 1. The van der Waals surface area contributed by atoms with Crippen LogP contribution in [-0.2, 0) is 4.79 Å². The summed E-state index contributed by atoms with van der Waals surface area (Å²) in [5.74, 6) is 0.849. The fraction of sp³-hybridized carbons (Fsp3) is 0.300. The number of amides is 1. The van der Waals surface area contributed by atoms with E-state index in [0.717, 1.165) is 5.75 Å². The smallest absolute Gasteiger partial charge is 0.258 e. The molecule has 0 spiro atoms. The molecule has 1 amide bonds. The Labute approximate surface area is 82.6 Å². The summed E-state index contributed by atoms with van der Waals surface area (Å²) in [6.07, 6.45) is -0.622. The highest BCUT2D eigenvalue weighted by atomic mass is 16.5. The maximum absolute atomic E-state index is 10.7. The summed E-state index contributed by atoms with van der Waals surface area (Å²) in [4.78, 5) is 10.7. The highest BCUT2D eigenvalue weighted by Gasteiger charge is 2.09. The molecule has 1 aromatic rings. The monoisotopic (exact) mass is 195 g/mol. The van der Waals surface area contributed by atoms with Crippen molar-refractivity contribution in [3.63, 3.8) is 0 Å². The van der Waals surface area contributed by atoms with Crippen LogP contribution in [0.25, 0.3) is 0 Å². The van der Waals surface area contributed by atoms with Crippen LogP contribution in [0.3, 0.4) is 0 Å². The molecule has 2 N–H and O–H groups in total. The molecule has 0 unspecified atom stereocenters. The first-order valence-electron chi connectivity index (χ1n) is 4.23. The van der Waals surface area contributed by atoms with Crippen molar-refractivity contribution in [2.24, 2.45) is 5.73 Å². The highest BCUT2D eigenvalue weighted by Crippen LogP contribution is 2.17. The van der Waals surface area contributed by atoms with Crippen molar-refractivity contribution in [3.05, 3.63) is 24.3 Å². The second kappa shape index (κ2) is 4.50. The lowest BCUT2D eigenvalue weighted by Crippen LogP contribution is -2.30. The molecule has 0 radical (unpaired) electrons. The molecular formula is C10H13NO3. The second-order valence-electron chi connectivity index (χ2n) is 2.84. The molecule has 4 heteroatoms. The van der Waals surface area contributed by atoms with Crippen LogP contribution >= 0.6 is 0 Å². The van der Waals surface area contributed by atoms with Gasteiger partial charge in [-0.1, -0.05) is 0 Å². The van der Waals surface area contributed by atoms with E-state index in [1.54, 1.807) is 38.3 Å². The maximum atomic E-state index is 10.7. The van der Waals surface area contributed by atoms with Gasteiger partial charge in [-0.2, -0.15) is 0 Å². The third kappa shape index (κ3) is 2.65. The molecule has 14 heavy (non-hydrogen) atoms. The van der Waals surface area contributed by atoms with E-state index in [1.165, 1.54) is 0 Å². The number of hydrogen-bond donors (Lipinski definition) is 1. The molecule has 1 rings (SSSR count). The zero-order chi connectivity index (χ0) is 10.6. The molecule has 0 aliphatic heterocycles. The molecular weight excluding hydrogens is 182 g/mol. The molecule has 0 bridgehead atoms. The van der Waals surface area contributed by atoms with Crippen LogP contribution in [-0.4, -0.2) is 19.1 Å². The second-order valence-corrected chi connectivity index (χ2v) is 2.84. The SMILES string of the molecule is COc1ccc(O[C@@H](C)C(N)=O)cc1. The Morgan fingerprint density at radius 1 is 1.29 bits per heavy atom. The fourth-order valence-electron chi connectivity index (χ4n) is 0.916. The van der Waals surface area contributed by atoms with E-state index in [9.17, 15) is 4.79 Å². The number of methoxy groups -OCH3 is 1. The average molecular weight is 195 g/mol. The molecule has 4 nitrogen and oxygen atoms in total. The van der Waals surface area contributed by atoms with E-state index >= 15 is 0 Å². The van der Waals surface area contributed by atoms with Gasteiger partial charge >= 0.3 is 0 Å². The van der Waals surface area contributed by atoms with E-state index in [1.807, 2.05) is 0 Å². The molecule has 0 heterocycles. The molecule has 0 saturated heterocycles. The van der Waals surface area contributed by atoms with Crippen LogP contribution in [0.15, 0.2) is 24.3 Å². The lowest BCUT2D eigenvalue weighted by molar-refractivity contribution is -0.123. The van der Waals surface area contributed by atoms with Crippen molar-refractivity contribution in [3.8, 4) is 11.5 Å². The number of ether oxygens (including phenoxy) is 2. The Hall–Kier alpha value is -1.71. The van der Waals surface area contributed by atoms with Gasteiger partial charge in [-0.05, 0) is 31.2 Å². The van der Waals surface area contributed by atoms with E-state index in [2.05, 4.69) is 0 Å². The molecule has 0 aromatic heterocycles. The van der Waals surface area contributed by atoms with Crippen LogP contribution < -0.4 is 15.2 Å². The van der Waals surface area contributed by atoms with Crippen LogP contribution in [0.2, 0.25) is 0 Å². The first-order chi connectivity index (χ1) is 6.63. The molecule has 0 fully saturated rings. The topological polar surface area (TPSA) is 61.6 Å². The molecule has 0 saturated carbocycles. The van der Waals surface area contributed by atoms with Gasteiger partial charge in [0.15, 0.2) is 6.10 Å². The summed E-state index contributed by atoms with van der Waals surface area (Å²) >= 11 is 0. The molecule has 1 atom stereocenters. The van der Waals surface area contributed by atoms with Gasteiger partial charge in [0.1, 0.15) is 11.5 Å². The lowest BCUT2D eigenvalue weighted by Gasteiger charge is -2.11. The van der Waals surface area contributed by atoms with Crippen molar-refractivity contribution in [1.82, 2.24) is 0 Å². The minimum Gasteiger partial charge on any atom is -0.497 e. The van der Waals surface area contributed by atoms with Crippen molar-refractivity contribution >= 4 is 5.91 Å². The van der Waals surface area contributed by atoms with Gasteiger partial charge in [0.2, 0.25) is 0 Å². The van der Waals surface area contributed by atoms with Gasteiger partial charge in [-0.15, -0.1) is 0 Å². The summed E-state index contributed by atoms with van der Waals surface area (Å²) < 4.78 is 10.2. The van der Waals surface area contributed by atoms with Crippen molar-refractivity contribution in [1.29, 1.82) is 0 Å². The lowest BCUT2D eigenvalue weighted by atomic mass is 10.3. The number of primary amides is 1. The minimum absolute atomic E-state index is 0.485. The Bertz CT molecular complexity index is 308. The zero-order valence-electron chi connectivity index (χ0n) is 8.19. The largest absolute Gasteiger partial charge is 0.497 e. The highest BCUT2D eigenvalue weighted by molar-refractivity contribution is 5.78. The first-order valence-corrected chi connectivity index (χ1v) is 4.23. The van der Waals surface area contributed by atoms with Gasteiger partial charge in [0.05, 0.1) is 7.11 Å². The van der Waals surface area contributed by atoms with Gasteiger partial charge < -0.3 is 15.2 Å². The first kappa shape index (κ1) is 10.4. The summed E-state index contributed by atoms with van der Waals surface area (Å²) in [5.41, 5.74) is 5.05. The predicted octanol–water partition coefficient (Wildman–Crippen LogP) is 0.948. The van der Waals surface area contributed by atoms with Crippen LogP contribution in [0.1, 0.15) is 6.92 Å². The number of benzene rings is 1. The average Bonchev–Trinajstić information content (AvgIpc) is 2.19. The molecule has 1 aromatic carbocycles. The van der Waals surface area contributed by atoms with E-state index in [0.29, 0.717) is 5.75 Å². The Morgan fingerprint density at radius 3 is 2.21 bits per heavy atom. The van der Waals surface area contributed by atoms with Crippen molar-refractivity contribution in [2.75, 3.05) is 7.11 Å². The maximum Gasteiger partial charge on any atom is 0.258 e.